The summed E-state index contributed by atoms with van der Waals surface area (Å²) in [5.41, 5.74) is 1.46. The van der Waals surface area contributed by atoms with Gasteiger partial charge in [0.2, 0.25) is 5.91 Å². The van der Waals surface area contributed by atoms with Gasteiger partial charge in [-0.1, -0.05) is 22.8 Å². The average molecular weight is 397 g/mol. The third kappa shape index (κ3) is 3.62. The Labute approximate surface area is 145 Å². The summed E-state index contributed by atoms with van der Waals surface area (Å²) in [5.74, 6) is 0.659. The van der Waals surface area contributed by atoms with E-state index < -0.39 is 0 Å². The van der Waals surface area contributed by atoms with Crippen LogP contribution >= 0.6 is 27.5 Å². The molecular weight excluding hydrogens is 386 g/mol. The SMILES string of the molecule is Cc1c(Cl)cccc1NC(=O)Cc1noc(-c2ccc(Br)o2)n1. The number of hydrogen-bond acceptors (Lipinski definition) is 5. The first-order valence-corrected chi connectivity index (χ1v) is 7.83. The smallest absolute Gasteiger partial charge is 0.293 e. The normalized spacial score (nSPS) is 10.7. The zero-order valence-electron chi connectivity index (χ0n) is 12.0. The van der Waals surface area contributed by atoms with Crippen molar-refractivity contribution in [2.75, 3.05) is 5.32 Å². The summed E-state index contributed by atoms with van der Waals surface area (Å²) in [5, 5.41) is 7.14. The number of furan rings is 1. The lowest BCUT2D eigenvalue weighted by molar-refractivity contribution is -0.115. The van der Waals surface area contributed by atoms with Crippen molar-refractivity contribution in [3.63, 3.8) is 0 Å². The van der Waals surface area contributed by atoms with Gasteiger partial charge in [-0.25, -0.2) is 0 Å². The molecule has 3 rings (SSSR count). The fourth-order valence-electron chi connectivity index (χ4n) is 1.94. The van der Waals surface area contributed by atoms with Crippen LogP contribution in [0.1, 0.15) is 11.4 Å². The van der Waals surface area contributed by atoms with Gasteiger partial charge in [-0.05, 0) is 52.7 Å². The molecule has 1 amide bonds. The number of carbonyl (C=O) groups excluding carboxylic acids is 1. The third-order valence-corrected chi connectivity index (χ3v) is 3.95. The van der Waals surface area contributed by atoms with Crippen molar-refractivity contribution >= 4 is 39.1 Å². The molecule has 23 heavy (non-hydrogen) atoms. The zero-order valence-corrected chi connectivity index (χ0v) is 14.3. The first-order chi connectivity index (χ1) is 11.0. The van der Waals surface area contributed by atoms with Gasteiger partial charge in [-0.3, -0.25) is 4.79 Å². The highest BCUT2D eigenvalue weighted by molar-refractivity contribution is 9.10. The molecular formula is C15H11BrClN3O3. The molecule has 8 heteroatoms. The molecule has 0 saturated heterocycles. The highest BCUT2D eigenvalue weighted by atomic mass is 79.9. The molecule has 1 aromatic carbocycles. The van der Waals surface area contributed by atoms with Gasteiger partial charge >= 0.3 is 0 Å². The van der Waals surface area contributed by atoms with E-state index in [9.17, 15) is 4.79 Å². The summed E-state index contributed by atoms with van der Waals surface area (Å²) in [6.45, 7) is 1.83. The molecule has 0 saturated carbocycles. The van der Waals surface area contributed by atoms with Crippen molar-refractivity contribution in [3.8, 4) is 11.7 Å². The number of amides is 1. The fraction of sp³-hybridized carbons (Fsp3) is 0.133. The largest absolute Gasteiger partial charge is 0.444 e. The Balaban J connectivity index is 1.69. The molecule has 0 unspecified atom stereocenters. The number of rotatable bonds is 4. The predicted octanol–water partition coefficient (Wildman–Crippen LogP) is 4.24. The second kappa shape index (κ2) is 6.55. The highest BCUT2D eigenvalue weighted by Crippen LogP contribution is 2.24. The van der Waals surface area contributed by atoms with Crippen LogP contribution in [0.5, 0.6) is 0 Å². The van der Waals surface area contributed by atoms with Gasteiger partial charge in [-0.15, -0.1) is 0 Å². The molecule has 0 aliphatic rings. The van der Waals surface area contributed by atoms with Crippen molar-refractivity contribution in [1.82, 2.24) is 10.1 Å². The lowest BCUT2D eigenvalue weighted by Gasteiger charge is -2.08. The summed E-state index contributed by atoms with van der Waals surface area (Å²) in [6, 6.07) is 8.72. The second-order valence-corrected chi connectivity index (χ2v) is 5.95. The Morgan fingerprint density at radius 1 is 1.35 bits per heavy atom. The van der Waals surface area contributed by atoms with Gasteiger partial charge < -0.3 is 14.3 Å². The van der Waals surface area contributed by atoms with E-state index in [1.807, 2.05) is 6.92 Å². The molecule has 6 nitrogen and oxygen atoms in total. The minimum Gasteiger partial charge on any atom is -0.444 e. The molecule has 2 aromatic heterocycles. The summed E-state index contributed by atoms with van der Waals surface area (Å²) < 4.78 is 11.0. The van der Waals surface area contributed by atoms with Crippen LogP contribution in [0.2, 0.25) is 5.02 Å². The van der Waals surface area contributed by atoms with Gasteiger partial charge in [0.25, 0.3) is 5.89 Å². The van der Waals surface area contributed by atoms with Gasteiger partial charge in [0, 0.05) is 10.7 Å². The number of hydrogen-bond donors (Lipinski definition) is 1. The van der Waals surface area contributed by atoms with Crippen molar-refractivity contribution in [1.29, 1.82) is 0 Å². The molecule has 0 spiro atoms. The van der Waals surface area contributed by atoms with Crippen molar-refractivity contribution in [2.45, 2.75) is 13.3 Å². The van der Waals surface area contributed by atoms with Crippen LogP contribution in [0.25, 0.3) is 11.7 Å². The Morgan fingerprint density at radius 3 is 2.91 bits per heavy atom. The molecule has 3 aromatic rings. The zero-order chi connectivity index (χ0) is 16.4. The molecule has 0 bridgehead atoms. The lowest BCUT2D eigenvalue weighted by atomic mass is 10.2. The van der Waals surface area contributed by atoms with Crippen molar-refractivity contribution in [2.24, 2.45) is 0 Å². The number of benzene rings is 1. The monoisotopic (exact) mass is 395 g/mol. The molecule has 0 fully saturated rings. The number of nitrogens with one attached hydrogen (secondary N) is 1. The van der Waals surface area contributed by atoms with Crippen LogP contribution in [-0.4, -0.2) is 16.0 Å². The van der Waals surface area contributed by atoms with E-state index in [0.717, 1.165) is 5.56 Å². The molecule has 0 atom stereocenters. The summed E-state index contributed by atoms with van der Waals surface area (Å²) in [6.07, 6.45) is -0.0165. The van der Waals surface area contributed by atoms with E-state index in [1.54, 1.807) is 30.3 Å². The Hall–Kier alpha value is -2.12. The number of nitrogens with zero attached hydrogens (tertiary/aromatic N) is 2. The van der Waals surface area contributed by atoms with Crippen LogP contribution in [0.4, 0.5) is 5.69 Å². The molecule has 0 aliphatic carbocycles. The first kappa shape index (κ1) is 15.8. The minimum absolute atomic E-state index is 0.0165. The second-order valence-electron chi connectivity index (χ2n) is 4.76. The van der Waals surface area contributed by atoms with Crippen LogP contribution in [0.15, 0.2) is 43.9 Å². The maximum absolute atomic E-state index is 12.1. The molecule has 0 radical (unpaired) electrons. The number of aromatic nitrogens is 2. The van der Waals surface area contributed by atoms with Gasteiger partial charge in [-0.2, -0.15) is 4.98 Å². The quantitative estimate of drug-likeness (QED) is 0.713. The van der Waals surface area contributed by atoms with Crippen LogP contribution in [0, 0.1) is 6.92 Å². The first-order valence-electron chi connectivity index (χ1n) is 6.66. The molecule has 118 valence electrons. The van der Waals surface area contributed by atoms with Crippen molar-refractivity contribution < 1.29 is 13.7 Å². The van der Waals surface area contributed by atoms with Gasteiger partial charge in [0.05, 0.1) is 6.42 Å². The van der Waals surface area contributed by atoms with Crippen molar-refractivity contribution in [3.05, 3.63) is 51.4 Å². The molecule has 1 N–H and O–H groups in total. The Bertz CT molecular complexity index is 859. The van der Waals surface area contributed by atoms with Crippen LogP contribution in [0.3, 0.4) is 0 Å². The van der Waals surface area contributed by atoms with Crippen LogP contribution in [-0.2, 0) is 11.2 Å². The number of anilines is 1. The summed E-state index contributed by atoms with van der Waals surface area (Å²) in [7, 11) is 0. The topological polar surface area (TPSA) is 81.2 Å². The maximum Gasteiger partial charge on any atom is 0.293 e. The summed E-state index contributed by atoms with van der Waals surface area (Å²) in [4.78, 5) is 16.2. The highest BCUT2D eigenvalue weighted by Gasteiger charge is 2.15. The van der Waals surface area contributed by atoms with E-state index in [-0.39, 0.29) is 24.0 Å². The van der Waals surface area contributed by atoms with E-state index in [1.165, 1.54) is 0 Å². The van der Waals surface area contributed by atoms with E-state index >= 15 is 0 Å². The average Bonchev–Trinajstić information content (AvgIpc) is 3.13. The minimum atomic E-state index is -0.261. The standard InChI is InChI=1S/C15H11BrClN3O3/c1-8-9(17)3-2-4-10(8)18-14(21)7-13-19-15(23-20-13)11-5-6-12(16)22-11/h2-6H,7H2,1H3,(H,18,21). The van der Waals surface area contributed by atoms with Gasteiger partial charge in [0.1, 0.15) is 0 Å². The van der Waals surface area contributed by atoms with E-state index in [0.29, 0.717) is 21.1 Å². The Kier molecular flexibility index (Phi) is 4.49. The predicted molar refractivity (Wildman–Crippen MR) is 88.2 cm³/mol. The van der Waals surface area contributed by atoms with E-state index in [2.05, 4.69) is 31.4 Å². The molecule has 2 heterocycles. The third-order valence-electron chi connectivity index (χ3n) is 3.11. The summed E-state index contributed by atoms with van der Waals surface area (Å²) >= 11 is 9.22. The Morgan fingerprint density at radius 2 is 2.17 bits per heavy atom. The molecule has 0 aliphatic heterocycles. The van der Waals surface area contributed by atoms with Crippen LogP contribution < -0.4 is 5.32 Å². The number of carbonyl (C=O) groups is 1. The fourth-order valence-corrected chi connectivity index (χ4v) is 2.42. The lowest BCUT2D eigenvalue weighted by Crippen LogP contribution is -2.16. The van der Waals surface area contributed by atoms with E-state index in [4.69, 9.17) is 20.5 Å². The maximum atomic E-state index is 12.1. The number of halogens is 2. The van der Waals surface area contributed by atoms with Gasteiger partial charge in [0.15, 0.2) is 16.3 Å².